The molecule has 24 heavy (non-hydrogen) atoms. The highest BCUT2D eigenvalue weighted by Gasteiger charge is 2.15. The average molecular weight is 349 g/mol. The number of fused-ring (bicyclic) bond motifs is 1. The summed E-state index contributed by atoms with van der Waals surface area (Å²) in [5.41, 5.74) is 4.58. The normalized spacial score (nSPS) is 11.8. The first-order valence-corrected chi connectivity index (χ1v) is 7.53. The second-order valence-electron chi connectivity index (χ2n) is 5.52. The van der Waals surface area contributed by atoms with Crippen LogP contribution in [0.25, 0.3) is 0 Å². The number of benzene rings is 2. The van der Waals surface area contributed by atoms with Crippen LogP contribution in [0.3, 0.4) is 0 Å². The minimum absolute atomic E-state index is 0. The van der Waals surface area contributed by atoms with E-state index in [0.717, 1.165) is 24.2 Å². The predicted octanol–water partition coefficient (Wildman–Crippen LogP) is 3.65. The molecule has 128 valence electrons. The number of methoxy groups -OCH3 is 2. The molecular weight excluding hydrogens is 328 g/mol. The number of aryl methyl sites for hydroxylation is 1. The largest absolute Gasteiger partial charge is 0.493 e. The summed E-state index contributed by atoms with van der Waals surface area (Å²) in [6, 6.07) is 9.37. The van der Waals surface area contributed by atoms with Gasteiger partial charge >= 0.3 is 0 Å². The molecule has 1 aliphatic heterocycles. The molecule has 2 aromatic carbocycles. The SMILES string of the molecule is COc1cc(C)c(NC(=O)c2ccc3c(c2)CCN3)cc1OC.Cl. The number of hydrogen-bond donors (Lipinski definition) is 2. The van der Waals surface area contributed by atoms with Crippen LogP contribution in [-0.4, -0.2) is 26.7 Å². The molecular formula is C18H21ClN2O3. The Kier molecular flexibility index (Phi) is 5.57. The van der Waals surface area contributed by atoms with Gasteiger partial charge in [-0.25, -0.2) is 0 Å². The van der Waals surface area contributed by atoms with E-state index in [4.69, 9.17) is 9.47 Å². The first-order chi connectivity index (χ1) is 11.1. The summed E-state index contributed by atoms with van der Waals surface area (Å²) in [4.78, 5) is 12.5. The van der Waals surface area contributed by atoms with Crippen LogP contribution < -0.4 is 20.1 Å². The lowest BCUT2D eigenvalue weighted by Crippen LogP contribution is -2.13. The Labute approximate surface area is 147 Å². The van der Waals surface area contributed by atoms with Gasteiger partial charge in [-0.3, -0.25) is 4.79 Å². The van der Waals surface area contributed by atoms with E-state index in [2.05, 4.69) is 10.6 Å². The van der Waals surface area contributed by atoms with Gasteiger partial charge in [-0.2, -0.15) is 0 Å². The van der Waals surface area contributed by atoms with Crippen molar-refractivity contribution in [2.75, 3.05) is 31.4 Å². The number of hydrogen-bond acceptors (Lipinski definition) is 4. The van der Waals surface area contributed by atoms with Crippen molar-refractivity contribution in [1.29, 1.82) is 0 Å². The van der Waals surface area contributed by atoms with Gasteiger partial charge in [0.2, 0.25) is 0 Å². The Bertz CT molecular complexity index is 762. The maximum Gasteiger partial charge on any atom is 0.255 e. The van der Waals surface area contributed by atoms with Gasteiger partial charge in [0.15, 0.2) is 11.5 Å². The maximum absolute atomic E-state index is 12.5. The van der Waals surface area contributed by atoms with E-state index >= 15 is 0 Å². The van der Waals surface area contributed by atoms with E-state index in [1.807, 2.05) is 31.2 Å². The van der Waals surface area contributed by atoms with Crippen LogP contribution in [0, 0.1) is 6.92 Å². The highest BCUT2D eigenvalue weighted by Crippen LogP contribution is 2.33. The molecule has 0 unspecified atom stereocenters. The van der Waals surface area contributed by atoms with Crippen LogP contribution in [0.5, 0.6) is 11.5 Å². The molecule has 0 bridgehead atoms. The number of rotatable bonds is 4. The van der Waals surface area contributed by atoms with Gasteiger partial charge in [0.1, 0.15) is 0 Å². The maximum atomic E-state index is 12.5. The van der Waals surface area contributed by atoms with E-state index in [-0.39, 0.29) is 18.3 Å². The fourth-order valence-corrected chi connectivity index (χ4v) is 2.76. The molecule has 0 radical (unpaired) electrons. The zero-order valence-corrected chi connectivity index (χ0v) is 14.8. The molecule has 6 heteroatoms. The monoisotopic (exact) mass is 348 g/mol. The van der Waals surface area contributed by atoms with Crippen LogP contribution in [0.2, 0.25) is 0 Å². The van der Waals surface area contributed by atoms with Gasteiger partial charge in [-0.15, -0.1) is 12.4 Å². The van der Waals surface area contributed by atoms with Crippen molar-refractivity contribution in [2.45, 2.75) is 13.3 Å². The molecule has 0 spiro atoms. The number of carbonyl (C=O) groups excluding carboxylic acids is 1. The zero-order chi connectivity index (χ0) is 16.4. The molecule has 1 heterocycles. The lowest BCUT2D eigenvalue weighted by Gasteiger charge is -2.14. The van der Waals surface area contributed by atoms with Gasteiger partial charge in [0.05, 0.1) is 14.2 Å². The topological polar surface area (TPSA) is 59.6 Å². The van der Waals surface area contributed by atoms with Crippen molar-refractivity contribution in [3.63, 3.8) is 0 Å². The molecule has 0 aliphatic carbocycles. The Morgan fingerprint density at radius 1 is 1.12 bits per heavy atom. The smallest absolute Gasteiger partial charge is 0.255 e. The Morgan fingerprint density at radius 3 is 2.54 bits per heavy atom. The first-order valence-electron chi connectivity index (χ1n) is 7.53. The number of carbonyl (C=O) groups is 1. The third-order valence-corrected chi connectivity index (χ3v) is 4.06. The van der Waals surface area contributed by atoms with Crippen LogP contribution in [0.1, 0.15) is 21.5 Å². The molecule has 0 fully saturated rings. The van der Waals surface area contributed by atoms with E-state index in [1.165, 1.54) is 5.56 Å². The number of anilines is 2. The molecule has 2 N–H and O–H groups in total. The molecule has 0 saturated heterocycles. The van der Waals surface area contributed by atoms with Crippen LogP contribution in [0.15, 0.2) is 30.3 Å². The molecule has 0 atom stereocenters. The van der Waals surface area contributed by atoms with Crippen molar-refractivity contribution in [3.8, 4) is 11.5 Å². The Morgan fingerprint density at radius 2 is 1.83 bits per heavy atom. The summed E-state index contributed by atoms with van der Waals surface area (Å²) in [5.74, 6) is 1.10. The van der Waals surface area contributed by atoms with Crippen molar-refractivity contribution in [3.05, 3.63) is 47.0 Å². The van der Waals surface area contributed by atoms with E-state index < -0.39 is 0 Å². The summed E-state index contributed by atoms with van der Waals surface area (Å²) < 4.78 is 10.6. The summed E-state index contributed by atoms with van der Waals surface area (Å²) in [7, 11) is 3.17. The summed E-state index contributed by atoms with van der Waals surface area (Å²) in [5, 5.41) is 6.24. The van der Waals surface area contributed by atoms with Crippen LogP contribution in [-0.2, 0) is 6.42 Å². The highest BCUT2D eigenvalue weighted by molar-refractivity contribution is 6.05. The minimum Gasteiger partial charge on any atom is -0.493 e. The second-order valence-corrected chi connectivity index (χ2v) is 5.52. The number of amides is 1. The highest BCUT2D eigenvalue weighted by atomic mass is 35.5. The summed E-state index contributed by atoms with van der Waals surface area (Å²) in [6.45, 7) is 2.85. The third kappa shape index (κ3) is 3.41. The average Bonchev–Trinajstić information content (AvgIpc) is 3.03. The number of nitrogens with one attached hydrogen (secondary N) is 2. The summed E-state index contributed by atoms with van der Waals surface area (Å²) in [6.07, 6.45) is 0.950. The fraction of sp³-hybridized carbons (Fsp3) is 0.278. The van der Waals surface area contributed by atoms with Crippen molar-refractivity contribution in [1.82, 2.24) is 0 Å². The molecule has 2 aromatic rings. The third-order valence-electron chi connectivity index (χ3n) is 4.06. The van der Waals surface area contributed by atoms with Gasteiger partial charge in [0, 0.05) is 29.5 Å². The van der Waals surface area contributed by atoms with E-state index in [9.17, 15) is 4.79 Å². The van der Waals surface area contributed by atoms with Crippen molar-refractivity contribution < 1.29 is 14.3 Å². The second kappa shape index (κ2) is 7.45. The Hall–Kier alpha value is -2.40. The lowest BCUT2D eigenvalue weighted by atomic mass is 10.1. The quantitative estimate of drug-likeness (QED) is 0.885. The van der Waals surface area contributed by atoms with Crippen LogP contribution in [0.4, 0.5) is 11.4 Å². The zero-order valence-electron chi connectivity index (χ0n) is 13.9. The van der Waals surface area contributed by atoms with E-state index in [0.29, 0.717) is 22.7 Å². The van der Waals surface area contributed by atoms with Crippen molar-refractivity contribution in [2.24, 2.45) is 0 Å². The van der Waals surface area contributed by atoms with Gasteiger partial charge in [-0.1, -0.05) is 0 Å². The predicted molar refractivity (Wildman–Crippen MR) is 98.1 cm³/mol. The van der Waals surface area contributed by atoms with Crippen molar-refractivity contribution >= 4 is 29.7 Å². The molecule has 0 saturated carbocycles. The Balaban J connectivity index is 0.00000208. The standard InChI is InChI=1S/C18H20N2O3.ClH/c1-11-8-16(22-2)17(23-3)10-15(11)20-18(21)13-4-5-14-12(9-13)6-7-19-14;/h4-5,8-10,19H,6-7H2,1-3H3,(H,20,21);1H. The van der Waals surface area contributed by atoms with Gasteiger partial charge in [0.25, 0.3) is 5.91 Å². The first kappa shape index (κ1) is 17.9. The van der Waals surface area contributed by atoms with Crippen LogP contribution >= 0.6 is 12.4 Å². The molecule has 1 aliphatic rings. The minimum atomic E-state index is -0.130. The fourth-order valence-electron chi connectivity index (χ4n) is 2.76. The molecule has 5 nitrogen and oxygen atoms in total. The van der Waals surface area contributed by atoms with E-state index in [1.54, 1.807) is 20.3 Å². The summed E-state index contributed by atoms with van der Waals surface area (Å²) >= 11 is 0. The molecule has 3 rings (SSSR count). The molecule has 1 amide bonds. The number of halogens is 1. The number of ether oxygens (including phenoxy) is 2. The molecule has 0 aromatic heterocycles. The van der Waals surface area contributed by atoms with Gasteiger partial charge in [-0.05, 0) is 48.7 Å². The lowest BCUT2D eigenvalue weighted by molar-refractivity contribution is 0.102. The van der Waals surface area contributed by atoms with Gasteiger partial charge < -0.3 is 20.1 Å².